The summed E-state index contributed by atoms with van der Waals surface area (Å²) in [4.78, 5) is 55.6. The third-order valence-electron chi connectivity index (χ3n) is 5.83. The Kier molecular flexibility index (Phi) is 5.41. The maximum atomic E-state index is 13.5. The fourth-order valence-corrected chi connectivity index (χ4v) is 4.18. The first-order chi connectivity index (χ1) is 15.7. The number of aromatic amines is 1. The fraction of sp³-hybridized carbons (Fsp3) is 0.250. The molecule has 1 aromatic carbocycles. The molecule has 33 heavy (non-hydrogen) atoms. The van der Waals surface area contributed by atoms with Crippen LogP contribution in [0.25, 0.3) is 16.4 Å². The van der Waals surface area contributed by atoms with Crippen LogP contribution in [-0.2, 0) is 4.79 Å². The molecule has 1 unspecified atom stereocenters. The molecule has 0 spiro atoms. The number of amides is 1. The van der Waals surface area contributed by atoms with Gasteiger partial charge in [0.1, 0.15) is 17.5 Å². The molecular weight excluding hydrogens is 424 g/mol. The van der Waals surface area contributed by atoms with E-state index < -0.39 is 23.2 Å². The number of aromatic nitrogens is 3. The second kappa shape index (κ2) is 8.09. The Morgan fingerprint density at radius 3 is 2.52 bits per heavy atom. The lowest BCUT2D eigenvalue weighted by molar-refractivity contribution is -0.131. The van der Waals surface area contributed by atoms with Crippen molar-refractivity contribution < 1.29 is 14.3 Å². The van der Waals surface area contributed by atoms with Gasteiger partial charge in [-0.25, -0.2) is 9.36 Å². The van der Waals surface area contributed by atoms with E-state index in [1.165, 1.54) is 24.0 Å². The van der Waals surface area contributed by atoms with Crippen LogP contribution in [-0.4, -0.2) is 51.7 Å². The summed E-state index contributed by atoms with van der Waals surface area (Å²) in [6.07, 6.45) is 1.78. The van der Waals surface area contributed by atoms with Gasteiger partial charge >= 0.3 is 5.69 Å². The SMILES string of the molecule is COc1c(C)c(C(=O)c2ccc3[nH]c(=O)n(C(C)C(=O)N(C)C)c(=O)c3c2)n2ccccc12. The normalized spacial score (nSPS) is 12.2. The van der Waals surface area contributed by atoms with Crippen LogP contribution in [0.4, 0.5) is 0 Å². The van der Waals surface area contributed by atoms with E-state index in [0.717, 1.165) is 10.1 Å². The van der Waals surface area contributed by atoms with Gasteiger partial charge in [0.2, 0.25) is 11.7 Å². The van der Waals surface area contributed by atoms with E-state index in [1.54, 1.807) is 44.8 Å². The van der Waals surface area contributed by atoms with Crippen molar-refractivity contribution in [3.8, 4) is 5.75 Å². The second-order valence-corrected chi connectivity index (χ2v) is 8.07. The third-order valence-corrected chi connectivity index (χ3v) is 5.83. The minimum absolute atomic E-state index is 0.143. The Morgan fingerprint density at radius 1 is 1.12 bits per heavy atom. The van der Waals surface area contributed by atoms with Crippen molar-refractivity contribution in [2.75, 3.05) is 21.2 Å². The molecule has 3 aromatic heterocycles. The number of benzene rings is 1. The largest absolute Gasteiger partial charge is 0.494 e. The van der Waals surface area contributed by atoms with Crippen LogP contribution in [0.1, 0.15) is 34.6 Å². The number of methoxy groups -OCH3 is 1. The molecule has 170 valence electrons. The van der Waals surface area contributed by atoms with Gasteiger partial charge in [0, 0.05) is 31.4 Å². The van der Waals surface area contributed by atoms with Gasteiger partial charge in [0.15, 0.2) is 0 Å². The first-order valence-electron chi connectivity index (χ1n) is 10.4. The topological polar surface area (TPSA) is 106 Å². The Labute approximate surface area is 188 Å². The first-order valence-corrected chi connectivity index (χ1v) is 10.4. The first kappa shape index (κ1) is 22.1. The van der Waals surface area contributed by atoms with Crippen LogP contribution in [0.2, 0.25) is 0 Å². The van der Waals surface area contributed by atoms with Crippen LogP contribution in [0.15, 0.2) is 52.2 Å². The van der Waals surface area contributed by atoms with E-state index in [9.17, 15) is 19.2 Å². The van der Waals surface area contributed by atoms with Crippen molar-refractivity contribution in [1.29, 1.82) is 0 Å². The number of H-pyrrole nitrogens is 1. The molecule has 0 bridgehead atoms. The number of fused-ring (bicyclic) bond motifs is 2. The zero-order valence-electron chi connectivity index (χ0n) is 19.0. The molecule has 0 aliphatic heterocycles. The van der Waals surface area contributed by atoms with E-state index in [0.29, 0.717) is 17.0 Å². The molecule has 1 N–H and O–H groups in total. The van der Waals surface area contributed by atoms with Crippen LogP contribution in [0.3, 0.4) is 0 Å². The number of nitrogens with one attached hydrogen (secondary N) is 1. The highest BCUT2D eigenvalue weighted by molar-refractivity contribution is 6.11. The smallest absolute Gasteiger partial charge is 0.329 e. The molecule has 0 saturated heterocycles. The number of hydrogen-bond donors (Lipinski definition) is 1. The summed E-state index contributed by atoms with van der Waals surface area (Å²) in [6.45, 7) is 3.29. The Hall–Kier alpha value is -4.14. The third kappa shape index (κ3) is 3.42. The summed E-state index contributed by atoms with van der Waals surface area (Å²) in [5.74, 6) is -0.0903. The number of carbonyl (C=O) groups excluding carboxylic acids is 2. The highest BCUT2D eigenvalue weighted by Crippen LogP contribution is 2.31. The molecule has 4 rings (SSSR count). The number of hydrogen-bond acceptors (Lipinski definition) is 5. The molecule has 0 aliphatic rings. The summed E-state index contributed by atoms with van der Waals surface area (Å²) in [7, 11) is 4.65. The van der Waals surface area contributed by atoms with Gasteiger partial charge in [-0.2, -0.15) is 0 Å². The Balaban J connectivity index is 1.91. The lowest BCUT2D eigenvalue weighted by atomic mass is 10.0. The number of nitrogens with zero attached hydrogens (tertiary/aromatic N) is 3. The summed E-state index contributed by atoms with van der Waals surface area (Å²) in [5.41, 5.74) is 1.09. The van der Waals surface area contributed by atoms with E-state index in [2.05, 4.69) is 4.98 Å². The highest BCUT2D eigenvalue weighted by Gasteiger charge is 2.24. The molecule has 9 heteroatoms. The fourth-order valence-electron chi connectivity index (χ4n) is 4.18. The lowest BCUT2D eigenvalue weighted by Gasteiger charge is -2.18. The van der Waals surface area contributed by atoms with E-state index in [1.807, 2.05) is 18.2 Å². The van der Waals surface area contributed by atoms with Crippen LogP contribution >= 0.6 is 0 Å². The monoisotopic (exact) mass is 448 g/mol. The van der Waals surface area contributed by atoms with Gasteiger partial charge in [-0.3, -0.25) is 14.4 Å². The number of pyridine rings is 1. The van der Waals surface area contributed by atoms with Crippen molar-refractivity contribution >= 4 is 28.1 Å². The van der Waals surface area contributed by atoms with Gasteiger partial charge < -0.3 is 19.0 Å². The zero-order chi connectivity index (χ0) is 24.0. The van der Waals surface area contributed by atoms with Crippen LogP contribution in [0, 0.1) is 6.92 Å². The van der Waals surface area contributed by atoms with E-state index >= 15 is 0 Å². The molecule has 1 atom stereocenters. The molecule has 4 aromatic rings. The summed E-state index contributed by atoms with van der Waals surface area (Å²) < 4.78 is 8.14. The second-order valence-electron chi connectivity index (χ2n) is 8.07. The van der Waals surface area contributed by atoms with Gasteiger partial charge in [-0.15, -0.1) is 0 Å². The summed E-state index contributed by atoms with van der Waals surface area (Å²) in [5, 5.41) is 0.143. The van der Waals surface area contributed by atoms with E-state index in [4.69, 9.17) is 4.74 Å². The zero-order valence-corrected chi connectivity index (χ0v) is 19.0. The standard InChI is InChI=1S/C24H24N4O5/c1-13-19(27-11-7-6-8-18(27)21(13)33-5)20(29)15-9-10-17-16(12-15)23(31)28(24(32)25-17)14(2)22(30)26(3)4/h6-12,14H,1-5H3,(H,25,32). The molecule has 1 amide bonds. The number of ether oxygens (including phenoxy) is 1. The highest BCUT2D eigenvalue weighted by atomic mass is 16.5. The number of rotatable bonds is 5. The molecule has 0 radical (unpaired) electrons. The predicted octanol–water partition coefficient (Wildman–Crippen LogP) is 2.14. The van der Waals surface area contributed by atoms with Gasteiger partial charge in [0.25, 0.3) is 5.56 Å². The Bertz CT molecular complexity index is 1540. The maximum absolute atomic E-state index is 13.5. The summed E-state index contributed by atoms with van der Waals surface area (Å²) in [6, 6.07) is 9.07. The molecule has 0 fully saturated rings. The number of likely N-dealkylation sites (N-methyl/N-ethyl adjacent to an activating group) is 1. The lowest BCUT2D eigenvalue weighted by Crippen LogP contribution is -2.43. The van der Waals surface area contributed by atoms with Crippen molar-refractivity contribution in [3.63, 3.8) is 0 Å². The van der Waals surface area contributed by atoms with E-state index in [-0.39, 0.29) is 22.2 Å². The van der Waals surface area contributed by atoms with Crippen LogP contribution < -0.4 is 16.0 Å². The van der Waals surface area contributed by atoms with Crippen molar-refractivity contribution in [1.82, 2.24) is 18.9 Å². The van der Waals surface area contributed by atoms with Gasteiger partial charge in [-0.05, 0) is 44.2 Å². The minimum atomic E-state index is -0.999. The van der Waals surface area contributed by atoms with Gasteiger partial charge in [0.05, 0.1) is 23.5 Å². The molecule has 3 heterocycles. The Morgan fingerprint density at radius 2 is 1.85 bits per heavy atom. The van der Waals surface area contributed by atoms with Crippen molar-refractivity contribution in [3.05, 3.63) is 80.3 Å². The predicted molar refractivity (Wildman–Crippen MR) is 124 cm³/mol. The van der Waals surface area contributed by atoms with Gasteiger partial charge in [-0.1, -0.05) is 6.07 Å². The maximum Gasteiger partial charge on any atom is 0.329 e. The van der Waals surface area contributed by atoms with Crippen molar-refractivity contribution in [2.24, 2.45) is 0 Å². The average Bonchev–Trinajstić information content (AvgIpc) is 3.08. The number of carbonyl (C=O) groups is 2. The number of ketones is 1. The molecule has 0 aliphatic carbocycles. The average molecular weight is 448 g/mol. The molecule has 9 nitrogen and oxygen atoms in total. The van der Waals surface area contributed by atoms with Crippen molar-refractivity contribution in [2.45, 2.75) is 19.9 Å². The quantitative estimate of drug-likeness (QED) is 0.471. The minimum Gasteiger partial charge on any atom is -0.494 e. The summed E-state index contributed by atoms with van der Waals surface area (Å²) >= 11 is 0. The molecule has 0 saturated carbocycles. The van der Waals surface area contributed by atoms with Crippen LogP contribution in [0.5, 0.6) is 5.75 Å². The molecular formula is C24H24N4O5.